The minimum atomic E-state index is -0.588. The van der Waals surface area contributed by atoms with Crippen LogP contribution < -0.4 is 0 Å². The number of imidazole rings is 1. The van der Waals surface area contributed by atoms with Gasteiger partial charge in [0.05, 0.1) is 23.4 Å². The van der Waals surface area contributed by atoms with E-state index in [1.807, 2.05) is 31.2 Å². The van der Waals surface area contributed by atoms with E-state index in [0.29, 0.717) is 6.42 Å². The number of benzene rings is 1. The monoisotopic (exact) mass is 270 g/mol. The Hall–Kier alpha value is -2.07. The molecular formula is C16H18N2O2. The molecule has 0 radical (unpaired) electrons. The van der Waals surface area contributed by atoms with Crippen molar-refractivity contribution in [2.45, 2.75) is 32.9 Å². The smallest absolute Gasteiger partial charge is 0.112 e. The number of furan rings is 1. The van der Waals surface area contributed by atoms with Gasteiger partial charge in [-0.25, -0.2) is 4.98 Å². The number of aryl methyl sites for hydroxylation is 2. The summed E-state index contributed by atoms with van der Waals surface area (Å²) in [6.07, 6.45) is 1.51. The molecule has 0 spiro atoms. The molecule has 104 valence electrons. The van der Waals surface area contributed by atoms with Crippen molar-refractivity contribution < 1.29 is 9.52 Å². The van der Waals surface area contributed by atoms with Gasteiger partial charge in [0.2, 0.25) is 0 Å². The van der Waals surface area contributed by atoms with Crippen LogP contribution in [0.15, 0.2) is 41.0 Å². The van der Waals surface area contributed by atoms with E-state index in [-0.39, 0.29) is 0 Å². The molecule has 4 nitrogen and oxygen atoms in total. The van der Waals surface area contributed by atoms with Gasteiger partial charge in [0.1, 0.15) is 11.6 Å². The van der Waals surface area contributed by atoms with Crippen LogP contribution >= 0.6 is 0 Å². The molecule has 0 aliphatic heterocycles. The van der Waals surface area contributed by atoms with Gasteiger partial charge in [-0.3, -0.25) is 0 Å². The molecule has 0 aliphatic rings. The van der Waals surface area contributed by atoms with Gasteiger partial charge in [-0.15, -0.1) is 0 Å². The van der Waals surface area contributed by atoms with Gasteiger partial charge in [-0.2, -0.15) is 0 Å². The second kappa shape index (κ2) is 5.13. The lowest BCUT2D eigenvalue weighted by Gasteiger charge is -2.10. The standard InChI is InChI=1S/C16H18N2O2/c1-3-18-14-7-5-4-6-13(14)17-16(18)9-15(19)12-8-11(2)20-10-12/h4-8,10,15,19H,3,9H2,1-2H3. The van der Waals surface area contributed by atoms with Crippen LogP contribution in [0, 0.1) is 6.92 Å². The number of para-hydroxylation sites is 2. The van der Waals surface area contributed by atoms with Crippen molar-refractivity contribution in [1.82, 2.24) is 9.55 Å². The summed E-state index contributed by atoms with van der Waals surface area (Å²) < 4.78 is 7.40. The van der Waals surface area contributed by atoms with Gasteiger partial charge in [-0.05, 0) is 32.0 Å². The Bertz CT molecular complexity index is 727. The van der Waals surface area contributed by atoms with Gasteiger partial charge >= 0.3 is 0 Å². The van der Waals surface area contributed by atoms with Crippen molar-refractivity contribution in [3.63, 3.8) is 0 Å². The van der Waals surface area contributed by atoms with Gasteiger partial charge in [0.15, 0.2) is 0 Å². The number of aliphatic hydroxyl groups excluding tert-OH is 1. The van der Waals surface area contributed by atoms with E-state index in [2.05, 4.69) is 22.5 Å². The van der Waals surface area contributed by atoms with E-state index in [1.54, 1.807) is 6.26 Å². The van der Waals surface area contributed by atoms with Crippen LogP contribution in [0.5, 0.6) is 0 Å². The second-order valence-electron chi connectivity index (χ2n) is 4.97. The highest BCUT2D eigenvalue weighted by molar-refractivity contribution is 5.75. The Morgan fingerprint density at radius 3 is 2.85 bits per heavy atom. The van der Waals surface area contributed by atoms with Crippen LogP contribution in [0.3, 0.4) is 0 Å². The lowest BCUT2D eigenvalue weighted by molar-refractivity contribution is 0.174. The zero-order valence-corrected chi connectivity index (χ0v) is 11.7. The molecule has 1 N–H and O–H groups in total. The summed E-state index contributed by atoms with van der Waals surface area (Å²) in [4.78, 5) is 4.63. The first kappa shape index (κ1) is 12.9. The molecule has 1 aromatic carbocycles. The molecule has 3 rings (SSSR count). The maximum Gasteiger partial charge on any atom is 0.112 e. The number of aliphatic hydroxyl groups is 1. The minimum Gasteiger partial charge on any atom is -0.469 e. The topological polar surface area (TPSA) is 51.2 Å². The zero-order valence-electron chi connectivity index (χ0n) is 11.7. The normalized spacial score (nSPS) is 12.9. The van der Waals surface area contributed by atoms with Crippen molar-refractivity contribution in [1.29, 1.82) is 0 Å². The largest absolute Gasteiger partial charge is 0.469 e. The Balaban J connectivity index is 1.94. The molecule has 1 unspecified atom stereocenters. The van der Waals surface area contributed by atoms with E-state index >= 15 is 0 Å². The van der Waals surface area contributed by atoms with E-state index in [0.717, 1.165) is 34.7 Å². The zero-order chi connectivity index (χ0) is 14.1. The molecule has 0 fully saturated rings. The van der Waals surface area contributed by atoms with Crippen molar-refractivity contribution in [3.8, 4) is 0 Å². The first-order chi connectivity index (χ1) is 9.69. The van der Waals surface area contributed by atoms with Crippen LogP contribution in [0.1, 0.15) is 30.2 Å². The third-order valence-electron chi connectivity index (χ3n) is 3.56. The summed E-state index contributed by atoms with van der Waals surface area (Å²) >= 11 is 0. The third kappa shape index (κ3) is 2.23. The first-order valence-corrected chi connectivity index (χ1v) is 6.86. The molecule has 3 aromatic rings. The fourth-order valence-corrected chi connectivity index (χ4v) is 2.56. The van der Waals surface area contributed by atoms with Gasteiger partial charge in [0, 0.05) is 18.5 Å². The van der Waals surface area contributed by atoms with Crippen molar-refractivity contribution >= 4 is 11.0 Å². The lowest BCUT2D eigenvalue weighted by Crippen LogP contribution is -2.08. The fraction of sp³-hybridized carbons (Fsp3) is 0.312. The molecule has 0 amide bonds. The van der Waals surface area contributed by atoms with Crippen LogP contribution in [-0.4, -0.2) is 14.7 Å². The van der Waals surface area contributed by atoms with E-state index in [1.165, 1.54) is 0 Å². The summed E-state index contributed by atoms with van der Waals surface area (Å²) in [5.74, 6) is 1.71. The molecule has 0 saturated heterocycles. The second-order valence-corrected chi connectivity index (χ2v) is 4.97. The van der Waals surface area contributed by atoms with Gasteiger partial charge in [0.25, 0.3) is 0 Å². The Kier molecular flexibility index (Phi) is 3.32. The molecular weight excluding hydrogens is 252 g/mol. The summed E-state index contributed by atoms with van der Waals surface area (Å²) in [6.45, 7) is 4.80. The van der Waals surface area contributed by atoms with Crippen LogP contribution in [-0.2, 0) is 13.0 Å². The van der Waals surface area contributed by atoms with Crippen molar-refractivity contribution in [3.05, 3.63) is 53.7 Å². The number of nitrogens with zero attached hydrogens (tertiary/aromatic N) is 2. The van der Waals surface area contributed by atoms with Gasteiger partial charge in [-0.1, -0.05) is 12.1 Å². The lowest BCUT2D eigenvalue weighted by atomic mass is 10.1. The van der Waals surface area contributed by atoms with E-state index in [9.17, 15) is 5.11 Å². The van der Waals surface area contributed by atoms with E-state index in [4.69, 9.17) is 4.42 Å². The third-order valence-corrected chi connectivity index (χ3v) is 3.56. The molecule has 0 saturated carbocycles. The van der Waals surface area contributed by atoms with Crippen LogP contribution in [0.25, 0.3) is 11.0 Å². The molecule has 0 bridgehead atoms. The first-order valence-electron chi connectivity index (χ1n) is 6.86. The highest BCUT2D eigenvalue weighted by Crippen LogP contribution is 2.23. The molecule has 2 aromatic heterocycles. The van der Waals surface area contributed by atoms with Crippen LogP contribution in [0.2, 0.25) is 0 Å². The Labute approximate surface area is 117 Å². The highest BCUT2D eigenvalue weighted by Gasteiger charge is 2.16. The quantitative estimate of drug-likeness (QED) is 0.791. The summed E-state index contributed by atoms with van der Waals surface area (Å²) in [6, 6.07) is 9.91. The maximum absolute atomic E-state index is 10.3. The predicted molar refractivity (Wildman–Crippen MR) is 77.5 cm³/mol. The number of hydrogen-bond acceptors (Lipinski definition) is 3. The number of hydrogen-bond donors (Lipinski definition) is 1. The maximum atomic E-state index is 10.3. The summed E-state index contributed by atoms with van der Waals surface area (Å²) in [7, 11) is 0. The summed E-state index contributed by atoms with van der Waals surface area (Å²) in [5.41, 5.74) is 2.89. The average Bonchev–Trinajstić information content (AvgIpc) is 3.01. The molecule has 2 heterocycles. The SMILES string of the molecule is CCn1c(CC(O)c2coc(C)c2)nc2ccccc21. The van der Waals surface area contributed by atoms with Crippen molar-refractivity contribution in [2.24, 2.45) is 0 Å². The van der Waals surface area contributed by atoms with Gasteiger partial charge < -0.3 is 14.1 Å². The molecule has 1 atom stereocenters. The minimum absolute atomic E-state index is 0.488. The number of rotatable bonds is 4. The van der Waals surface area contributed by atoms with Crippen LogP contribution in [0.4, 0.5) is 0 Å². The Morgan fingerprint density at radius 1 is 1.35 bits per heavy atom. The molecule has 20 heavy (non-hydrogen) atoms. The fourth-order valence-electron chi connectivity index (χ4n) is 2.56. The molecule has 4 heteroatoms. The van der Waals surface area contributed by atoms with Crippen molar-refractivity contribution in [2.75, 3.05) is 0 Å². The molecule has 0 aliphatic carbocycles. The Morgan fingerprint density at radius 2 is 2.15 bits per heavy atom. The number of aromatic nitrogens is 2. The average molecular weight is 270 g/mol. The highest BCUT2D eigenvalue weighted by atomic mass is 16.3. The van der Waals surface area contributed by atoms with E-state index < -0.39 is 6.10 Å². The predicted octanol–water partition coefficient (Wildman–Crippen LogP) is 3.23. The number of fused-ring (bicyclic) bond motifs is 1. The summed E-state index contributed by atoms with van der Waals surface area (Å²) in [5, 5.41) is 10.3.